The second-order valence-corrected chi connectivity index (χ2v) is 5.76. The van der Waals surface area contributed by atoms with Gasteiger partial charge in [-0.05, 0) is 54.5 Å². The van der Waals surface area contributed by atoms with Crippen LogP contribution < -0.4 is 5.32 Å². The Kier molecular flexibility index (Phi) is 4.90. The van der Waals surface area contributed by atoms with Crippen LogP contribution in [-0.4, -0.2) is 36.0 Å². The zero-order chi connectivity index (χ0) is 13.8. The van der Waals surface area contributed by atoms with E-state index in [1.165, 1.54) is 6.07 Å². The van der Waals surface area contributed by atoms with E-state index in [9.17, 15) is 10.1 Å². The summed E-state index contributed by atoms with van der Waals surface area (Å²) in [4.78, 5) is 12.8. The summed E-state index contributed by atoms with van der Waals surface area (Å²) in [7, 11) is 2.13. The summed E-state index contributed by atoms with van der Waals surface area (Å²) in [5.41, 5.74) is 1.07. The van der Waals surface area contributed by atoms with Crippen molar-refractivity contribution in [3.63, 3.8) is 0 Å². The van der Waals surface area contributed by atoms with E-state index < -0.39 is 0 Å². The summed E-state index contributed by atoms with van der Waals surface area (Å²) in [6.07, 6.45) is 2.26. The molecule has 0 radical (unpaired) electrons. The molecule has 1 fully saturated rings. The van der Waals surface area contributed by atoms with Gasteiger partial charge in [-0.3, -0.25) is 10.1 Å². The Hall–Kier alpha value is -0.980. The second-order valence-electron chi connectivity index (χ2n) is 4.97. The highest BCUT2D eigenvalue weighted by Gasteiger charge is 2.18. The van der Waals surface area contributed by atoms with Gasteiger partial charge in [0.2, 0.25) is 0 Å². The van der Waals surface area contributed by atoms with Gasteiger partial charge in [0.15, 0.2) is 0 Å². The number of nitrogens with zero attached hydrogens (tertiary/aromatic N) is 2. The molecule has 0 amide bonds. The summed E-state index contributed by atoms with van der Waals surface area (Å²) >= 11 is 3.33. The monoisotopic (exact) mass is 327 g/mol. The molecule has 1 aromatic carbocycles. The van der Waals surface area contributed by atoms with Gasteiger partial charge in [-0.2, -0.15) is 0 Å². The number of benzene rings is 1. The largest absolute Gasteiger partial charge is 0.310 e. The van der Waals surface area contributed by atoms with Crippen molar-refractivity contribution in [3.05, 3.63) is 38.3 Å². The molecule has 104 valence electrons. The molecule has 1 saturated heterocycles. The molecule has 1 N–H and O–H groups in total. The Labute approximate surface area is 121 Å². The van der Waals surface area contributed by atoms with Crippen molar-refractivity contribution in [2.75, 3.05) is 20.1 Å². The lowest BCUT2D eigenvalue weighted by atomic mass is 10.1. The first-order valence-corrected chi connectivity index (χ1v) is 7.21. The average molecular weight is 328 g/mol. The Morgan fingerprint density at radius 1 is 1.47 bits per heavy atom. The number of piperidine rings is 1. The second kappa shape index (κ2) is 6.45. The van der Waals surface area contributed by atoms with Gasteiger partial charge in [-0.1, -0.05) is 12.1 Å². The first kappa shape index (κ1) is 14.4. The van der Waals surface area contributed by atoms with E-state index in [1.54, 1.807) is 6.07 Å². The highest BCUT2D eigenvalue weighted by Crippen LogP contribution is 2.28. The molecule has 19 heavy (non-hydrogen) atoms. The number of likely N-dealkylation sites (tertiary alicyclic amines) is 1. The molecule has 0 unspecified atom stereocenters. The van der Waals surface area contributed by atoms with Crippen molar-refractivity contribution in [1.29, 1.82) is 0 Å². The van der Waals surface area contributed by atoms with Crippen molar-refractivity contribution in [3.8, 4) is 0 Å². The van der Waals surface area contributed by atoms with Crippen LogP contribution in [0.1, 0.15) is 18.4 Å². The van der Waals surface area contributed by atoms with Crippen LogP contribution in [0.2, 0.25) is 0 Å². The normalized spacial score (nSPS) is 17.6. The van der Waals surface area contributed by atoms with Crippen LogP contribution in [0, 0.1) is 10.1 Å². The minimum Gasteiger partial charge on any atom is -0.310 e. The van der Waals surface area contributed by atoms with Crippen molar-refractivity contribution >= 4 is 21.6 Å². The van der Waals surface area contributed by atoms with E-state index in [4.69, 9.17) is 0 Å². The van der Waals surface area contributed by atoms with E-state index >= 15 is 0 Å². The zero-order valence-electron chi connectivity index (χ0n) is 10.9. The molecule has 0 saturated carbocycles. The molecule has 1 heterocycles. The zero-order valence-corrected chi connectivity index (χ0v) is 12.5. The first-order chi connectivity index (χ1) is 9.08. The van der Waals surface area contributed by atoms with Gasteiger partial charge in [0.05, 0.1) is 9.40 Å². The average Bonchev–Trinajstić information content (AvgIpc) is 2.39. The first-order valence-electron chi connectivity index (χ1n) is 6.41. The molecule has 2 rings (SSSR count). The van der Waals surface area contributed by atoms with Gasteiger partial charge in [0.25, 0.3) is 5.69 Å². The Bertz CT molecular complexity index is 459. The topological polar surface area (TPSA) is 58.4 Å². The summed E-state index contributed by atoms with van der Waals surface area (Å²) < 4.78 is 0.584. The van der Waals surface area contributed by atoms with Gasteiger partial charge < -0.3 is 10.2 Å². The number of halogens is 1. The maximum absolute atomic E-state index is 10.9. The fourth-order valence-electron chi connectivity index (χ4n) is 2.31. The molecule has 0 aliphatic carbocycles. The highest BCUT2D eigenvalue weighted by atomic mass is 79.9. The summed E-state index contributed by atoms with van der Waals surface area (Å²) in [5.74, 6) is 0. The fraction of sp³-hybridized carbons (Fsp3) is 0.538. The molecular weight excluding hydrogens is 310 g/mol. The molecule has 0 spiro atoms. The lowest BCUT2D eigenvalue weighted by molar-refractivity contribution is -0.385. The van der Waals surface area contributed by atoms with E-state index in [2.05, 4.69) is 33.2 Å². The standard InChI is InChI=1S/C13H18BrN3O2/c1-16-7-5-11(6-8-16)15-9-10-3-2-4-12(13(10)14)17(18)19/h2-4,11,15H,5-9H2,1H3. The number of rotatable bonds is 4. The third kappa shape index (κ3) is 3.75. The number of hydrogen-bond acceptors (Lipinski definition) is 4. The number of nitrogens with one attached hydrogen (secondary N) is 1. The lowest BCUT2D eigenvalue weighted by Crippen LogP contribution is -2.40. The van der Waals surface area contributed by atoms with Gasteiger partial charge in [0.1, 0.15) is 0 Å². The molecule has 1 aliphatic heterocycles. The van der Waals surface area contributed by atoms with Crippen LogP contribution in [0.4, 0.5) is 5.69 Å². The van der Waals surface area contributed by atoms with Gasteiger partial charge >= 0.3 is 0 Å². The van der Waals surface area contributed by atoms with Gasteiger partial charge in [0, 0.05) is 18.7 Å². The quantitative estimate of drug-likeness (QED) is 0.682. The van der Waals surface area contributed by atoms with Crippen molar-refractivity contribution < 1.29 is 4.92 Å². The van der Waals surface area contributed by atoms with Crippen molar-refractivity contribution in [2.24, 2.45) is 0 Å². The van der Waals surface area contributed by atoms with E-state index in [1.807, 2.05) is 6.07 Å². The van der Waals surface area contributed by atoms with E-state index in [-0.39, 0.29) is 10.6 Å². The van der Waals surface area contributed by atoms with Crippen LogP contribution in [0.15, 0.2) is 22.7 Å². The SMILES string of the molecule is CN1CCC(NCc2cccc([N+](=O)[O-])c2Br)CC1. The van der Waals surface area contributed by atoms with Crippen LogP contribution in [0.3, 0.4) is 0 Å². The van der Waals surface area contributed by atoms with Gasteiger partial charge in [-0.15, -0.1) is 0 Å². The summed E-state index contributed by atoms with van der Waals surface area (Å²) in [6.45, 7) is 2.87. The smallest absolute Gasteiger partial charge is 0.283 e. The molecule has 0 aromatic heterocycles. The Balaban J connectivity index is 1.96. The lowest BCUT2D eigenvalue weighted by Gasteiger charge is -2.29. The third-order valence-electron chi connectivity index (χ3n) is 3.55. The maximum atomic E-state index is 10.9. The highest BCUT2D eigenvalue weighted by molar-refractivity contribution is 9.10. The fourth-order valence-corrected chi connectivity index (χ4v) is 2.86. The van der Waals surface area contributed by atoms with Crippen LogP contribution in [-0.2, 0) is 6.54 Å². The Morgan fingerprint density at radius 3 is 2.79 bits per heavy atom. The van der Waals surface area contributed by atoms with E-state index in [0.717, 1.165) is 31.5 Å². The third-order valence-corrected chi connectivity index (χ3v) is 4.47. The number of hydrogen-bond donors (Lipinski definition) is 1. The number of nitro benzene ring substituents is 1. The molecule has 0 bridgehead atoms. The van der Waals surface area contributed by atoms with Crippen molar-refractivity contribution in [2.45, 2.75) is 25.4 Å². The van der Waals surface area contributed by atoms with Crippen LogP contribution >= 0.6 is 15.9 Å². The predicted octanol–water partition coefficient (Wildman–Crippen LogP) is 2.54. The van der Waals surface area contributed by atoms with Crippen LogP contribution in [0.5, 0.6) is 0 Å². The summed E-state index contributed by atoms with van der Waals surface area (Å²) in [5, 5.41) is 14.4. The molecule has 6 heteroatoms. The maximum Gasteiger partial charge on any atom is 0.283 e. The molecule has 1 aromatic rings. The van der Waals surface area contributed by atoms with Crippen molar-refractivity contribution in [1.82, 2.24) is 10.2 Å². The summed E-state index contributed by atoms with van der Waals surface area (Å²) in [6, 6.07) is 5.67. The van der Waals surface area contributed by atoms with Gasteiger partial charge in [-0.25, -0.2) is 0 Å². The van der Waals surface area contributed by atoms with Crippen LogP contribution in [0.25, 0.3) is 0 Å². The molecule has 1 aliphatic rings. The molecule has 0 atom stereocenters. The Morgan fingerprint density at radius 2 is 2.16 bits per heavy atom. The minimum absolute atomic E-state index is 0.127. The predicted molar refractivity (Wildman–Crippen MR) is 78.2 cm³/mol. The number of nitro groups is 1. The minimum atomic E-state index is -0.358. The van der Waals surface area contributed by atoms with E-state index in [0.29, 0.717) is 17.1 Å². The molecular formula is C13H18BrN3O2. The molecule has 5 nitrogen and oxygen atoms in total.